The lowest BCUT2D eigenvalue weighted by molar-refractivity contribution is -0.132. The quantitative estimate of drug-likeness (QED) is 0.833. The fourth-order valence-electron chi connectivity index (χ4n) is 2.09. The molecule has 0 spiro atoms. The average Bonchev–Trinajstić information content (AvgIpc) is 2.79. The maximum Gasteiger partial charge on any atom is 0.417 e. The Labute approximate surface area is 111 Å². The first-order valence-corrected chi connectivity index (χ1v) is 6.13. The molecule has 1 heterocycles. The van der Waals surface area contributed by atoms with Crippen LogP contribution in [0.1, 0.15) is 25.3 Å². The van der Waals surface area contributed by atoms with Crippen molar-refractivity contribution in [2.75, 3.05) is 0 Å². The molecular formula is C14H15NO4. The number of ketones is 1. The Morgan fingerprint density at radius 2 is 2.00 bits per heavy atom. The van der Waals surface area contributed by atoms with E-state index in [9.17, 15) is 14.4 Å². The van der Waals surface area contributed by atoms with Gasteiger partial charge in [0, 0.05) is 6.42 Å². The first kappa shape index (κ1) is 13.3. The van der Waals surface area contributed by atoms with Crippen LogP contribution >= 0.6 is 0 Å². The third-order valence-corrected chi connectivity index (χ3v) is 3.08. The molecule has 0 aromatic heterocycles. The second-order valence-corrected chi connectivity index (χ2v) is 4.47. The summed E-state index contributed by atoms with van der Waals surface area (Å²) in [5.41, 5.74) is 0.835. The third-order valence-electron chi connectivity index (χ3n) is 3.08. The van der Waals surface area contributed by atoms with Crippen molar-refractivity contribution in [3.63, 3.8) is 0 Å². The Morgan fingerprint density at radius 1 is 1.32 bits per heavy atom. The molecule has 0 radical (unpaired) electrons. The third kappa shape index (κ3) is 2.99. The van der Waals surface area contributed by atoms with Gasteiger partial charge in [-0.05, 0) is 18.9 Å². The molecule has 1 atom stereocenters. The number of benzene rings is 1. The highest BCUT2D eigenvalue weighted by atomic mass is 16.6. The van der Waals surface area contributed by atoms with Crippen LogP contribution in [-0.2, 0) is 20.9 Å². The van der Waals surface area contributed by atoms with Crippen molar-refractivity contribution in [2.24, 2.45) is 0 Å². The Balaban J connectivity index is 1.99. The molecule has 1 aromatic rings. The van der Waals surface area contributed by atoms with E-state index in [0.717, 1.165) is 10.5 Å². The molecular weight excluding hydrogens is 246 g/mol. The number of nitrogens with zero attached hydrogens (tertiary/aromatic N) is 1. The molecule has 0 saturated carbocycles. The molecule has 1 aliphatic rings. The van der Waals surface area contributed by atoms with Crippen molar-refractivity contribution < 1.29 is 19.1 Å². The molecule has 100 valence electrons. The minimum absolute atomic E-state index is 0.0913. The van der Waals surface area contributed by atoms with Crippen molar-refractivity contribution in [3.05, 3.63) is 35.9 Å². The van der Waals surface area contributed by atoms with E-state index in [-0.39, 0.29) is 24.7 Å². The Kier molecular flexibility index (Phi) is 3.94. The Hall–Kier alpha value is -2.17. The highest BCUT2D eigenvalue weighted by Crippen LogP contribution is 2.20. The van der Waals surface area contributed by atoms with E-state index in [2.05, 4.69) is 0 Å². The predicted octanol–water partition coefficient (Wildman–Crippen LogP) is 1.90. The van der Waals surface area contributed by atoms with E-state index in [1.54, 1.807) is 0 Å². The van der Waals surface area contributed by atoms with Gasteiger partial charge in [-0.1, -0.05) is 30.3 Å². The topological polar surface area (TPSA) is 63.7 Å². The smallest absolute Gasteiger partial charge is 0.417 e. The minimum Gasteiger partial charge on any atom is -0.444 e. The summed E-state index contributed by atoms with van der Waals surface area (Å²) in [7, 11) is 0. The molecule has 2 rings (SSSR count). The van der Waals surface area contributed by atoms with Crippen LogP contribution < -0.4 is 0 Å². The highest BCUT2D eigenvalue weighted by Gasteiger charge is 2.39. The van der Waals surface area contributed by atoms with Gasteiger partial charge in [-0.3, -0.25) is 9.59 Å². The summed E-state index contributed by atoms with van der Waals surface area (Å²) in [5.74, 6) is -0.541. The molecule has 1 aliphatic heterocycles. The van der Waals surface area contributed by atoms with Gasteiger partial charge < -0.3 is 4.74 Å². The lowest BCUT2D eigenvalue weighted by atomic mass is 10.1. The normalized spacial score (nSPS) is 18.5. The largest absolute Gasteiger partial charge is 0.444 e. The zero-order valence-electron chi connectivity index (χ0n) is 10.7. The number of rotatable bonds is 3. The van der Waals surface area contributed by atoms with Crippen molar-refractivity contribution in [1.82, 2.24) is 4.90 Å². The van der Waals surface area contributed by atoms with Crippen molar-refractivity contribution in [2.45, 2.75) is 32.4 Å². The molecule has 2 amide bonds. The zero-order chi connectivity index (χ0) is 13.8. The maximum absolute atomic E-state index is 11.9. The average molecular weight is 261 g/mol. The fraction of sp³-hybridized carbons (Fsp3) is 0.357. The second kappa shape index (κ2) is 5.65. The highest BCUT2D eigenvalue weighted by molar-refractivity contribution is 6.00. The number of hydrogen-bond acceptors (Lipinski definition) is 4. The molecule has 0 aliphatic carbocycles. The molecule has 0 unspecified atom stereocenters. The lowest BCUT2D eigenvalue weighted by Crippen LogP contribution is -2.42. The van der Waals surface area contributed by atoms with Crippen LogP contribution in [-0.4, -0.2) is 28.7 Å². The number of amides is 2. The van der Waals surface area contributed by atoms with Crippen LogP contribution in [0.25, 0.3) is 0 Å². The molecule has 5 nitrogen and oxygen atoms in total. The van der Waals surface area contributed by atoms with Crippen LogP contribution in [0.15, 0.2) is 30.3 Å². The van der Waals surface area contributed by atoms with Crippen LogP contribution in [0, 0.1) is 0 Å². The SMILES string of the molecule is CC(=O)[C@@H]1CCC(=O)N1C(=O)OCc1ccccc1. The lowest BCUT2D eigenvalue weighted by Gasteiger charge is -2.20. The van der Waals surface area contributed by atoms with Crippen LogP contribution in [0.2, 0.25) is 0 Å². The van der Waals surface area contributed by atoms with E-state index in [4.69, 9.17) is 4.74 Å². The molecule has 5 heteroatoms. The van der Waals surface area contributed by atoms with Gasteiger partial charge in [-0.2, -0.15) is 0 Å². The number of likely N-dealkylation sites (tertiary alicyclic amines) is 1. The Morgan fingerprint density at radius 3 is 2.63 bits per heavy atom. The summed E-state index contributed by atoms with van der Waals surface area (Å²) in [6, 6.07) is 8.51. The van der Waals surface area contributed by atoms with Gasteiger partial charge in [0.05, 0.1) is 0 Å². The summed E-state index contributed by atoms with van der Waals surface area (Å²) in [5, 5.41) is 0. The number of carbonyl (C=O) groups excluding carboxylic acids is 3. The van der Waals surface area contributed by atoms with E-state index < -0.39 is 12.1 Å². The summed E-state index contributed by atoms with van der Waals surface area (Å²) >= 11 is 0. The number of hydrogen-bond donors (Lipinski definition) is 0. The Bertz CT molecular complexity index is 497. The van der Waals surface area contributed by atoms with Gasteiger partial charge in [0.25, 0.3) is 0 Å². The van der Waals surface area contributed by atoms with Crippen LogP contribution in [0.5, 0.6) is 0 Å². The summed E-state index contributed by atoms with van der Waals surface area (Å²) in [4.78, 5) is 35.8. The summed E-state index contributed by atoms with van der Waals surface area (Å²) in [6.45, 7) is 1.47. The van der Waals surface area contributed by atoms with Gasteiger partial charge in [-0.25, -0.2) is 9.69 Å². The molecule has 0 N–H and O–H groups in total. The van der Waals surface area contributed by atoms with Gasteiger partial charge in [-0.15, -0.1) is 0 Å². The summed E-state index contributed by atoms with van der Waals surface area (Å²) < 4.78 is 5.08. The van der Waals surface area contributed by atoms with Crippen LogP contribution in [0.4, 0.5) is 4.79 Å². The molecule has 1 aromatic carbocycles. The predicted molar refractivity (Wildman–Crippen MR) is 67.2 cm³/mol. The second-order valence-electron chi connectivity index (χ2n) is 4.47. The van der Waals surface area contributed by atoms with Crippen molar-refractivity contribution in [1.29, 1.82) is 0 Å². The van der Waals surface area contributed by atoms with E-state index in [0.29, 0.717) is 6.42 Å². The van der Waals surface area contributed by atoms with E-state index in [1.165, 1.54) is 6.92 Å². The molecule has 19 heavy (non-hydrogen) atoms. The van der Waals surface area contributed by atoms with Gasteiger partial charge in [0.15, 0.2) is 5.78 Å². The molecule has 1 saturated heterocycles. The zero-order valence-corrected chi connectivity index (χ0v) is 10.7. The van der Waals surface area contributed by atoms with Gasteiger partial charge >= 0.3 is 6.09 Å². The van der Waals surface area contributed by atoms with Crippen molar-refractivity contribution in [3.8, 4) is 0 Å². The van der Waals surface area contributed by atoms with Crippen LogP contribution in [0.3, 0.4) is 0 Å². The number of imide groups is 1. The number of Topliss-reactive ketones (excluding diaryl/α,β-unsaturated/α-hetero) is 1. The minimum atomic E-state index is -0.744. The summed E-state index contributed by atoms with van der Waals surface area (Å²) in [6.07, 6.45) is -0.147. The monoisotopic (exact) mass is 261 g/mol. The van der Waals surface area contributed by atoms with E-state index in [1.807, 2.05) is 30.3 Å². The standard InChI is InChI=1S/C14H15NO4/c1-10(16)12-7-8-13(17)15(12)14(18)19-9-11-5-3-2-4-6-11/h2-6,12H,7-9H2,1H3/t12-/m0/s1. The van der Waals surface area contributed by atoms with E-state index >= 15 is 0 Å². The molecule has 0 bridgehead atoms. The van der Waals surface area contributed by atoms with Gasteiger partial charge in [0.1, 0.15) is 12.6 Å². The fourth-order valence-corrected chi connectivity index (χ4v) is 2.09. The van der Waals surface area contributed by atoms with Gasteiger partial charge in [0.2, 0.25) is 5.91 Å². The first-order valence-electron chi connectivity index (χ1n) is 6.13. The maximum atomic E-state index is 11.9. The first-order chi connectivity index (χ1) is 9.09. The molecule has 1 fully saturated rings. The number of carbonyl (C=O) groups is 3. The number of ether oxygens (including phenoxy) is 1. The van der Waals surface area contributed by atoms with Crippen molar-refractivity contribution >= 4 is 17.8 Å².